The van der Waals surface area contributed by atoms with Gasteiger partial charge in [0.05, 0.1) is 17.9 Å². The maximum absolute atomic E-state index is 11.0. The third kappa shape index (κ3) is 2.88. The summed E-state index contributed by atoms with van der Waals surface area (Å²) in [7, 11) is 1.55. The normalized spacial score (nSPS) is 9.56. The van der Waals surface area contributed by atoms with Gasteiger partial charge >= 0.3 is 0 Å². The van der Waals surface area contributed by atoms with Gasteiger partial charge in [-0.05, 0) is 18.2 Å². The summed E-state index contributed by atoms with van der Waals surface area (Å²) in [5.41, 5.74) is 12.1. The molecule has 0 aliphatic heterocycles. The van der Waals surface area contributed by atoms with Crippen molar-refractivity contribution in [3.63, 3.8) is 0 Å². The standard InChI is InChI=1S/C10H14N4O2/c1-13-9(15)5-14-8-3-2-6(10(12)16)4-7(8)11/h2-4,14H,5,11H2,1H3,(H2,12,16)(H,13,15). The number of hydrogen-bond acceptors (Lipinski definition) is 4. The molecule has 2 amide bonds. The number of hydrogen-bond donors (Lipinski definition) is 4. The van der Waals surface area contributed by atoms with E-state index in [1.807, 2.05) is 0 Å². The first-order valence-corrected chi connectivity index (χ1v) is 4.68. The summed E-state index contributed by atoms with van der Waals surface area (Å²) in [6.45, 7) is 0.122. The maximum atomic E-state index is 11.0. The fourth-order valence-corrected chi connectivity index (χ4v) is 1.14. The molecule has 0 fully saturated rings. The zero-order chi connectivity index (χ0) is 12.1. The molecule has 6 N–H and O–H groups in total. The van der Waals surface area contributed by atoms with Crippen LogP contribution in [0.5, 0.6) is 0 Å². The number of primary amides is 1. The van der Waals surface area contributed by atoms with Gasteiger partial charge in [0, 0.05) is 12.6 Å². The second-order valence-corrected chi connectivity index (χ2v) is 3.19. The third-order valence-electron chi connectivity index (χ3n) is 2.05. The Labute approximate surface area is 93.0 Å². The van der Waals surface area contributed by atoms with Gasteiger partial charge < -0.3 is 22.1 Å². The van der Waals surface area contributed by atoms with E-state index in [4.69, 9.17) is 11.5 Å². The first-order valence-electron chi connectivity index (χ1n) is 4.68. The number of nitrogens with one attached hydrogen (secondary N) is 2. The molecule has 0 saturated heterocycles. The maximum Gasteiger partial charge on any atom is 0.248 e. The van der Waals surface area contributed by atoms with E-state index in [9.17, 15) is 9.59 Å². The smallest absolute Gasteiger partial charge is 0.248 e. The average molecular weight is 222 g/mol. The highest BCUT2D eigenvalue weighted by Crippen LogP contribution is 2.19. The van der Waals surface area contributed by atoms with E-state index in [0.29, 0.717) is 16.9 Å². The summed E-state index contributed by atoms with van der Waals surface area (Å²) < 4.78 is 0. The van der Waals surface area contributed by atoms with Crippen LogP contribution in [-0.2, 0) is 4.79 Å². The minimum Gasteiger partial charge on any atom is -0.397 e. The largest absolute Gasteiger partial charge is 0.397 e. The van der Waals surface area contributed by atoms with Crippen LogP contribution in [0.15, 0.2) is 18.2 Å². The molecule has 0 heterocycles. The molecule has 0 atom stereocenters. The van der Waals surface area contributed by atoms with Crippen LogP contribution in [0.25, 0.3) is 0 Å². The lowest BCUT2D eigenvalue weighted by Crippen LogP contribution is -2.26. The number of benzene rings is 1. The third-order valence-corrected chi connectivity index (χ3v) is 2.05. The monoisotopic (exact) mass is 222 g/mol. The van der Waals surface area contributed by atoms with Crippen molar-refractivity contribution in [2.45, 2.75) is 0 Å². The molecular weight excluding hydrogens is 208 g/mol. The molecule has 86 valence electrons. The first kappa shape index (κ1) is 11.8. The van der Waals surface area contributed by atoms with Crippen LogP contribution < -0.4 is 22.1 Å². The Kier molecular flexibility index (Phi) is 3.71. The SMILES string of the molecule is CNC(=O)CNc1ccc(C(N)=O)cc1N. The molecule has 16 heavy (non-hydrogen) atoms. The molecule has 6 heteroatoms. The Bertz CT molecular complexity index is 417. The zero-order valence-corrected chi connectivity index (χ0v) is 8.91. The molecule has 6 nitrogen and oxygen atoms in total. The Hall–Kier alpha value is -2.24. The summed E-state index contributed by atoms with van der Waals surface area (Å²) in [6, 6.07) is 4.62. The van der Waals surface area contributed by atoms with Crippen molar-refractivity contribution >= 4 is 23.2 Å². The average Bonchev–Trinajstić information content (AvgIpc) is 2.26. The Morgan fingerprint density at radius 3 is 2.56 bits per heavy atom. The molecule has 0 aromatic heterocycles. The van der Waals surface area contributed by atoms with E-state index < -0.39 is 5.91 Å². The van der Waals surface area contributed by atoms with Gasteiger partial charge in [-0.15, -0.1) is 0 Å². The van der Waals surface area contributed by atoms with Gasteiger partial charge in [-0.25, -0.2) is 0 Å². The van der Waals surface area contributed by atoms with E-state index in [2.05, 4.69) is 10.6 Å². The number of anilines is 2. The van der Waals surface area contributed by atoms with E-state index >= 15 is 0 Å². The molecule has 0 bridgehead atoms. The molecule has 1 aromatic carbocycles. The molecule has 0 radical (unpaired) electrons. The first-order chi connectivity index (χ1) is 7.54. The van der Waals surface area contributed by atoms with Crippen LogP contribution in [0.4, 0.5) is 11.4 Å². The second-order valence-electron chi connectivity index (χ2n) is 3.19. The van der Waals surface area contributed by atoms with Crippen molar-refractivity contribution in [1.82, 2.24) is 5.32 Å². The second kappa shape index (κ2) is 5.01. The van der Waals surface area contributed by atoms with Gasteiger partial charge in [0.2, 0.25) is 11.8 Å². The van der Waals surface area contributed by atoms with E-state index in [0.717, 1.165) is 0 Å². The lowest BCUT2D eigenvalue weighted by molar-refractivity contribution is -0.118. The van der Waals surface area contributed by atoms with Crippen molar-refractivity contribution in [2.75, 3.05) is 24.6 Å². The fourth-order valence-electron chi connectivity index (χ4n) is 1.14. The van der Waals surface area contributed by atoms with Gasteiger partial charge in [0.25, 0.3) is 0 Å². The van der Waals surface area contributed by atoms with Crippen LogP contribution in [0, 0.1) is 0 Å². The number of amides is 2. The number of nitrogen functional groups attached to an aromatic ring is 1. The molecule has 0 spiro atoms. The highest BCUT2D eigenvalue weighted by Gasteiger charge is 2.05. The van der Waals surface area contributed by atoms with Crippen molar-refractivity contribution < 1.29 is 9.59 Å². The predicted octanol–water partition coefficient (Wildman–Crippen LogP) is -0.474. The highest BCUT2D eigenvalue weighted by molar-refractivity contribution is 5.95. The Morgan fingerprint density at radius 1 is 1.38 bits per heavy atom. The Morgan fingerprint density at radius 2 is 2.06 bits per heavy atom. The lowest BCUT2D eigenvalue weighted by Gasteiger charge is -2.09. The molecular formula is C10H14N4O2. The van der Waals surface area contributed by atoms with Crippen LogP contribution in [0.1, 0.15) is 10.4 Å². The number of carbonyl (C=O) groups is 2. The van der Waals surface area contributed by atoms with Crippen LogP contribution in [0.3, 0.4) is 0 Å². The molecule has 0 saturated carbocycles. The van der Waals surface area contributed by atoms with Crippen LogP contribution in [0.2, 0.25) is 0 Å². The lowest BCUT2D eigenvalue weighted by atomic mass is 10.1. The summed E-state index contributed by atoms with van der Waals surface area (Å²) >= 11 is 0. The summed E-state index contributed by atoms with van der Waals surface area (Å²) in [6.07, 6.45) is 0. The van der Waals surface area contributed by atoms with Gasteiger partial charge in [0.1, 0.15) is 0 Å². The molecule has 1 aromatic rings. The predicted molar refractivity (Wildman–Crippen MR) is 61.9 cm³/mol. The summed E-state index contributed by atoms with van der Waals surface area (Å²) in [5.74, 6) is -0.692. The van der Waals surface area contributed by atoms with Gasteiger partial charge in [0.15, 0.2) is 0 Å². The van der Waals surface area contributed by atoms with E-state index in [1.54, 1.807) is 19.2 Å². The molecule has 0 aliphatic carbocycles. The van der Waals surface area contributed by atoms with E-state index in [1.165, 1.54) is 6.07 Å². The van der Waals surface area contributed by atoms with E-state index in [-0.39, 0.29) is 12.5 Å². The quantitative estimate of drug-likeness (QED) is 0.516. The number of carbonyl (C=O) groups excluding carboxylic acids is 2. The molecule has 0 unspecified atom stereocenters. The number of likely N-dealkylation sites (N-methyl/N-ethyl adjacent to an activating group) is 1. The molecule has 1 rings (SSSR count). The van der Waals surface area contributed by atoms with Gasteiger partial charge in [-0.3, -0.25) is 9.59 Å². The topological polar surface area (TPSA) is 110 Å². The van der Waals surface area contributed by atoms with Gasteiger partial charge in [-0.1, -0.05) is 0 Å². The van der Waals surface area contributed by atoms with Crippen LogP contribution >= 0.6 is 0 Å². The number of rotatable bonds is 4. The van der Waals surface area contributed by atoms with Gasteiger partial charge in [-0.2, -0.15) is 0 Å². The minimum absolute atomic E-state index is 0.122. The summed E-state index contributed by atoms with van der Waals surface area (Å²) in [4.78, 5) is 21.8. The highest BCUT2D eigenvalue weighted by atomic mass is 16.2. The molecule has 0 aliphatic rings. The van der Waals surface area contributed by atoms with Crippen LogP contribution in [-0.4, -0.2) is 25.4 Å². The van der Waals surface area contributed by atoms with Crippen molar-refractivity contribution in [2.24, 2.45) is 5.73 Å². The van der Waals surface area contributed by atoms with Crippen molar-refractivity contribution in [3.05, 3.63) is 23.8 Å². The fraction of sp³-hybridized carbons (Fsp3) is 0.200. The van der Waals surface area contributed by atoms with Crippen molar-refractivity contribution in [1.29, 1.82) is 0 Å². The van der Waals surface area contributed by atoms with Crippen molar-refractivity contribution in [3.8, 4) is 0 Å². The minimum atomic E-state index is -0.537. The zero-order valence-electron chi connectivity index (χ0n) is 8.91. The number of nitrogens with two attached hydrogens (primary N) is 2. The summed E-state index contributed by atoms with van der Waals surface area (Å²) in [5, 5.41) is 5.31. The Balaban J connectivity index is 2.75.